The maximum atomic E-state index is 13.5. The van der Waals surface area contributed by atoms with Crippen molar-refractivity contribution in [1.82, 2.24) is 29.8 Å². The Balaban J connectivity index is 1.41. The van der Waals surface area contributed by atoms with Crippen molar-refractivity contribution >= 4 is 17.5 Å². The molecule has 13 heteroatoms. The molecule has 1 saturated heterocycles. The van der Waals surface area contributed by atoms with E-state index in [9.17, 15) is 18.0 Å². The Hall–Kier alpha value is -4.55. The summed E-state index contributed by atoms with van der Waals surface area (Å²) in [4.78, 5) is 21.6. The van der Waals surface area contributed by atoms with Crippen molar-refractivity contribution in [3.05, 3.63) is 53.9 Å². The van der Waals surface area contributed by atoms with E-state index in [-0.39, 0.29) is 11.6 Å². The van der Waals surface area contributed by atoms with Crippen molar-refractivity contribution in [2.24, 2.45) is 0 Å². The number of halogens is 3. The van der Waals surface area contributed by atoms with Crippen LogP contribution in [-0.2, 0) is 6.18 Å². The van der Waals surface area contributed by atoms with Gasteiger partial charge in [0.25, 0.3) is 0 Å². The van der Waals surface area contributed by atoms with Gasteiger partial charge in [-0.05, 0) is 49.7 Å². The molecule has 3 N–H and O–H groups in total. The smallest absolute Gasteiger partial charge is 0.419 e. The van der Waals surface area contributed by atoms with Crippen molar-refractivity contribution in [2.75, 3.05) is 39.1 Å². The fraction of sp³-hybridized carbons (Fsp3) is 0.308. The molecule has 39 heavy (non-hydrogen) atoms. The monoisotopic (exact) mass is 541 g/mol. The summed E-state index contributed by atoms with van der Waals surface area (Å²) in [6.45, 7) is 4.03. The maximum Gasteiger partial charge on any atom is 0.419 e. The fourth-order valence-corrected chi connectivity index (χ4v) is 4.47. The zero-order chi connectivity index (χ0) is 27.7. The summed E-state index contributed by atoms with van der Waals surface area (Å²) < 4.78 is 53.3. The van der Waals surface area contributed by atoms with Crippen LogP contribution in [0.5, 0.6) is 11.5 Å². The van der Waals surface area contributed by atoms with E-state index in [4.69, 9.17) is 15.2 Å². The van der Waals surface area contributed by atoms with E-state index in [0.717, 1.165) is 6.07 Å². The normalized spacial score (nSPS) is 13.7. The Kier molecular flexibility index (Phi) is 6.89. The average Bonchev–Trinajstić information content (AvgIpc) is 3.47. The molecule has 204 valence electrons. The summed E-state index contributed by atoms with van der Waals surface area (Å²) in [5, 5.41) is 7.43. The van der Waals surface area contributed by atoms with Gasteiger partial charge in [-0.1, -0.05) is 0 Å². The highest BCUT2D eigenvalue weighted by Crippen LogP contribution is 2.36. The summed E-state index contributed by atoms with van der Waals surface area (Å²) in [6.07, 6.45) is -2.71. The van der Waals surface area contributed by atoms with Crippen molar-refractivity contribution in [2.45, 2.75) is 19.5 Å². The van der Waals surface area contributed by atoms with Crippen molar-refractivity contribution in [3.63, 3.8) is 0 Å². The summed E-state index contributed by atoms with van der Waals surface area (Å²) in [6, 6.07) is 9.75. The highest BCUT2D eigenvalue weighted by atomic mass is 19.4. The average molecular weight is 542 g/mol. The van der Waals surface area contributed by atoms with E-state index in [1.807, 2.05) is 6.07 Å². The predicted octanol–water partition coefficient (Wildman–Crippen LogP) is 4.17. The number of urea groups is 1. The van der Waals surface area contributed by atoms with Gasteiger partial charge in [-0.3, -0.25) is 0 Å². The number of fused-ring (bicyclic) bond motifs is 1. The number of imidazole rings is 1. The first kappa shape index (κ1) is 26.1. The number of methoxy groups -OCH3 is 1. The molecule has 2 amide bonds. The predicted molar refractivity (Wildman–Crippen MR) is 137 cm³/mol. The number of anilines is 1. The van der Waals surface area contributed by atoms with Crippen molar-refractivity contribution in [3.8, 4) is 34.0 Å². The molecular formula is C26H26F3N7O3. The number of nitrogens with two attached hydrogens (primary N) is 1. The number of carbonyl (C=O) groups excluding carboxylic acids is 1. The number of nitrogen functional groups attached to an aromatic ring is 1. The van der Waals surface area contributed by atoms with Crippen LogP contribution >= 0.6 is 0 Å². The van der Waals surface area contributed by atoms with Gasteiger partial charge >= 0.3 is 12.2 Å². The number of rotatable bonds is 8. The van der Waals surface area contributed by atoms with Gasteiger partial charge < -0.3 is 25.4 Å². The Morgan fingerprint density at radius 1 is 1.13 bits per heavy atom. The first-order chi connectivity index (χ1) is 18.7. The standard InChI is InChI=1S/C26H26F3N7O3/c1-15-23(17-12-18(26(27,28)29)24(30)32-14-17)36-22(33-15)7-5-19(34-36)16-4-6-20(21(13-16)38-2)39-11-3-9-35-10-8-31-25(35)37/h4-7,12-14H,3,8-11H2,1-2H3,(H2,30,32)(H,31,37). The first-order valence-corrected chi connectivity index (χ1v) is 12.2. The van der Waals surface area contributed by atoms with Crippen LogP contribution in [0.4, 0.5) is 23.8 Å². The Morgan fingerprint density at radius 3 is 2.67 bits per heavy atom. The summed E-state index contributed by atoms with van der Waals surface area (Å²) in [7, 11) is 1.53. The van der Waals surface area contributed by atoms with Crippen molar-refractivity contribution < 1.29 is 27.4 Å². The highest BCUT2D eigenvalue weighted by Gasteiger charge is 2.34. The lowest BCUT2D eigenvalue weighted by Gasteiger charge is -2.15. The molecule has 0 saturated carbocycles. The van der Waals surface area contributed by atoms with Gasteiger partial charge in [-0.25, -0.2) is 19.3 Å². The van der Waals surface area contributed by atoms with Crippen LogP contribution in [0.3, 0.4) is 0 Å². The zero-order valence-electron chi connectivity index (χ0n) is 21.2. The van der Waals surface area contributed by atoms with Crippen LogP contribution in [0.2, 0.25) is 0 Å². The lowest BCUT2D eigenvalue weighted by molar-refractivity contribution is -0.137. The van der Waals surface area contributed by atoms with Gasteiger partial charge in [-0.15, -0.1) is 0 Å². The highest BCUT2D eigenvalue weighted by molar-refractivity contribution is 5.76. The number of nitrogens with zero attached hydrogens (tertiary/aromatic N) is 5. The van der Waals surface area contributed by atoms with Gasteiger partial charge in [0.15, 0.2) is 17.1 Å². The molecule has 5 rings (SSSR count). The van der Waals surface area contributed by atoms with Crippen molar-refractivity contribution in [1.29, 1.82) is 0 Å². The zero-order valence-corrected chi connectivity index (χ0v) is 21.2. The second-order valence-electron chi connectivity index (χ2n) is 8.98. The molecule has 3 aromatic heterocycles. The van der Waals surface area contributed by atoms with Crippen LogP contribution in [0, 0.1) is 6.92 Å². The number of benzene rings is 1. The second kappa shape index (κ2) is 10.3. The molecule has 4 aromatic rings. The third kappa shape index (κ3) is 5.24. The molecule has 0 bridgehead atoms. The number of carbonyl (C=O) groups is 1. The van der Waals surface area contributed by atoms with Crippen LogP contribution in [0.1, 0.15) is 17.7 Å². The van der Waals surface area contributed by atoms with E-state index in [1.54, 1.807) is 36.1 Å². The molecule has 1 aliphatic rings. The van der Waals surface area contributed by atoms with Crippen LogP contribution in [0.25, 0.3) is 28.2 Å². The Labute approximate surface area is 221 Å². The molecule has 0 spiro atoms. The van der Waals surface area contributed by atoms with Gasteiger partial charge in [-0.2, -0.15) is 18.3 Å². The van der Waals surface area contributed by atoms with Gasteiger partial charge in [0.2, 0.25) is 0 Å². The number of pyridine rings is 1. The van der Waals surface area contributed by atoms with E-state index < -0.39 is 17.6 Å². The van der Waals surface area contributed by atoms with Gasteiger partial charge in [0.05, 0.1) is 36.4 Å². The maximum absolute atomic E-state index is 13.5. The molecular weight excluding hydrogens is 515 g/mol. The third-order valence-electron chi connectivity index (χ3n) is 6.38. The summed E-state index contributed by atoms with van der Waals surface area (Å²) >= 11 is 0. The number of ether oxygens (including phenoxy) is 2. The Morgan fingerprint density at radius 2 is 1.95 bits per heavy atom. The molecule has 1 fully saturated rings. The molecule has 10 nitrogen and oxygen atoms in total. The molecule has 4 heterocycles. The minimum atomic E-state index is -4.65. The Bertz CT molecular complexity index is 1540. The minimum absolute atomic E-state index is 0.0638. The van der Waals surface area contributed by atoms with Crippen LogP contribution in [0.15, 0.2) is 42.6 Å². The minimum Gasteiger partial charge on any atom is -0.493 e. The number of aryl methyl sites for hydroxylation is 1. The molecule has 0 aliphatic carbocycles. The third-order valence-corrected chi connectivity index (χ3v) is 6.38. The van der Waals surface area contributed by atoms with Crippen LogP contribution in [-0.4, -0.2) is 63.9 Å². The lowest BCUT2D eigenvalue weighted by atomic mass is 10.1. The van der Waals surface area contributed by atoms with Gasteiger partial charge in [0, 0.05) is 37.0 Å². The van der Waals surface area contributed by atoms with Gasteiger partial charge in [0.1, 0.15) is 5.82 Å². The summed E-state index contributed by atoms with van der Waals surface area (Å²) in [5.74, 6) is 0.440. The molecule has 0 atom stereocenters. The topological polar surface area (TPSA) is 120 Å². The van der Waals surface area contributed by atoms with E-state index in [2.05, 4.69) is 20.4 Å². The number of hydrogen-bond donors (Lipinski definition) is 2. The van der Waals surface area contributed by atoms with E-state index in [1.165, 1.54) is 17.8 Å². The second-order valence-corrected chi connectivity index (χ2v) is 8.98. The molecule has 1 aliphatic heterocycles. The number of nitrogens with one attached hydrogen (secondary N) is 1. The first-order valence-electron chi connectivity index (χ1n) is 12.2. The van der Waals surface area contributed by atoms with E-state index in [0.29, 0.717) is 72.5 Å². The molecule has 0 radical (unpaired) electrons. The number of hydrogen-bond acceptors (Lipinski definition) is 7. The SMILES string of the molecule is COc1cc(-c2ccc3nc(C)c(-c4cnc(N)c(C(F)(F)F)c4)n3n2)ccc1OCCCN1CCNC1=O. The van der Waals surface area contributed by atoms with E-state index >= 15 is 0 Å². The molecule has 0 unspecified atom stereocenters. The fourth-order valence-electron chi connectivity index (χ4n) is 4.47. The lowest BCUT2D eigenvalue weighted by Crippen LogP contribution is -2.29. The number of amides is 2. The summed E-state index contributed by atoms with van der Waals surface area (Å²) in [5.41, 5.74) is 7.25. The van der Waals surface area contributed by atoms with Crippen LogP contribution < -0.4 is 20.5 Å². The largest absolute Gasteiger partial charge is 0.493 e. The number of alkyl halides is 3. The quantitative estimate of drug-likeness (QED) is 0.321. The molecule has 1 aromatic carbocycles. The number of aromatic nitrogens is 4.